The van der Waals surface area contributed by atoms with E-state index in [-0.39, 0.29) is 18.4 Å². The molecular formula is C26H26N2O2. The van der Waals surface area contributed by atoms with Crippen molar-refractivity contribution in [1.29, 1.82) is 0 Å². The van der Waals surface area contributed by atoms with E-state index >= 15 is 0 Å². The predicted molar refractivity (Wildman–Crippen MR) is 121 cm³/mol. The van der Waals surface area contributed by atoms with Crippen molar-refractivity contribution in [2.45, 2.75) is 19.8 Å². The molecule has 4 rings (SSSR count). The molecular weight excluding hydrogens is 372 g/mol. The number of benzene rings is 3. The molecule has 2 N–H and O–H groups in total. The molecule has 1 amide bonds. The largest absolute Gasteiger partial charge is 0.484 e. The number of para-hydroxylation sites is 1. The fourth-order valence-corrected chi connectivity index (χ4v) is 3.69. The van der Waals surface area contributed by atoms with Crippen LogP contribution in [0, 0.1) is 13.8 Å². The van der Waals surface area contributed by atoms with Crippen molar-refractivity contribution in [3.63, 3.8) is 0 Å². The number of nitrogens with one attached hydrogen (secondary N) is 2. The maximum absolute atomic E-state index is 12.5. The Balaban J connectivity index is 1.47. The zero-order valence-corrected chi connectivity index (χ0v) is 17.3. The maximum Gasteiger partial charge on any atom is 0.257 e. The van der Waals surface area contributed by atoms with E-state index in [9.17, 15) is 4.79 Å². The van der Waals surface area contributed by atoms with Gasteiger partial charge in [0.05, 0.1) is 0 Å². The highest BCUT2D eigenvalue weighted by atomic mass is 16.5. The van der Waals surface area contributed by atoms with E-state index in [0.717, 1.165) is 16.6 Å². The van der Waals surface area contributed by atoms with Crippen molar-refractivity contribution in [1.82, 2.24) is 10.3 Å². The number of aromatic amines is 1. The van der Waals surface area contributed by atoms with Gasteiger partial charge in [-0.25, -0.2) is 0 Å². The quantitative estimate of drug-likeness (QED) is 0.454. The number of carbonyl (C=O) groups excluding carboxylic acids is 1. The van der Waals surface area contributed by atoms with Crippen molar-refractivity contribution < 1.29 is 9.53 Å². The summed E-state index contributed by atoms with van der Waals surface area (Å²) in [6.45, 7) is 4.59. The molecule has 0 aliphatic rings. The van der Waals surface area contributed by atoms with E-state index in [0.29, 0.717) is 12.3 Å². The van der Waals surface area contributed by atoms with Crippen LogP contribution in [-0.2, 0) is 4.79 Å². The third-order valence-corrected chi connectivity index (χ3v) is 5.55. The predicted octanol–water partition coefficient (Wildman–Crippen LogP) is 5.11. The van der Waals surface area contributed by atoms with Gasteiger partial charge in [0.15, 0.2) is 6.61 Å². The van der Waals surface area contributed by atoms with Crippen molar-refractivity contribution in [2.75, 3.05) is 13.2 Å². The average molecular weight is 399 g/mol. The minimum Gasteiger partial charge on any atom is -0.484 e. The van der Waals surface area contributed by atoms with Crippen LogP contribution < -0.4 is 10.1 Å². The Morgan fingerprint density at radius 1 is 0.967 bits per heavy atom. The number of aryl methyl sites for hydroxylation is 2. The number of hydrogen-bond acceptors (Lipinski definition) is 2. The molecule has 0 spiro atoms. The summed E-state index contributed by atoms with van der Waals surface area (Å²) in [7, 11) is 0. The van der Waals surface area contributed by atoms with E-state index < -0.39 is 0 Å². The Hall–Kier alpha value is -3.53. The third kappa shape index (κ3) is 4.38. The first kappa shape index (κ1) is 19.8. The number of aromatic nitrogens is 1. The van der Waals surface area contributed by atoms with Crippen LogP contribution in [0.3, 0.4) is 0 Å². The third-order valence-electron chi connectivity index (χ3n) is 5.55. The van der Waals surface area contributed by atoms with Crippen molar-refractivity contribution in [2.24, 2.45) is 0 Å². The molecule has 3 aromatic carbocycles. The van der Waals surface area contributed by atoms with Crippen LogP contribution in [0.4, 0.5) is 0 Å². The fraction of sp³-hybridized carbons (Fsp3) is 0.192. The number of carbonyl (C=O) groups is 1. The first-order chi connectivity index (χ1) is 14.6. The van der Waals surface area contributed by atoms with Crippen LogP contribution in [0.15, 0.2) is 79.0 Å². The van der Waals surface area contributed by atoms with E-state index in [1.165, 1.54) is 16.5 Å². The highest BCUT2D eigenvalue weighted by Crippen LogP contribution is 2.30. The van der Waals surface area contributed by atoms with E-state index in [4.69, 9.17) is 4.74 Å². The lowest BCUT2D eigenvalue weighted by atomic mass is 9.91. The molecule has 4 heteroatoms. The number of ether oxygens (including phenoxy) is 1. The molecule has 4 nitrogen and oxygen atoms in total. The fourth-order valence-electron chi connectivity index (χ4n) is 3.69. The molecule has 1 aromatic heterocycles. The molecule has 0 saturated carbocycles. The van der Waals surface area contributed by atoms with E-state index in [1.54, 1.807) is 0 Å². The number of H-pyrrole nitrogens is 1. The first-order valence-electron chi connectivity index (χ1n) is 10.2. The summed E-state index contributed by atoms with van der Waals surface area (Å²) in [6, 6.07) is 24.4. The number of fused-ring (bicyclic) bond motifs is 1. The lowest BCUT2D eigenvalue weighted by molar-refractivity contribution is -0.123. The summed E-state index contributed by atoms with van der Waals surface area (Å²) in [4.78, 5) is 15.8. The Morgan fingerprint density at radius 3 is 2.53 bits per heavy atom. The highest BCUT2D eigenvalue weighted by molar-refractivity contribution is 5.84. The second-order valence-electron chi connectivity index (χ2n) is 7.59. The van der Waals surface area contributed by atoms with Gasteiger partial charge in [0, 0.05) is 29.6 Å². The minimum atomic E-state index is -0.131. The van der Waals surface area contributed by atoms with Gasteiger partial charge in [0.2, 0.25) is 0 Å². The van der Waals surface area contributed by atoms with Gasteiger partial charge in [-0.15, -0.1) is 0 Å². The van der Waals surface area contributed by atoms with Gasteiger partial charge in [-0.1, -0.05) is 54.6 Å². The Bertz CT molecular complexity index is 1150. The lowest BCUT2D eigenvalue weighted by Gasteiger charge is -2.18. The molecule has 30 heavy (non-hydrogen) atoms. The van der Waals surface area contributed by atoms with Gasteiger partial charge in [-0.2, -0.15) is 0 Å². The van der Waals surface area contributed by atoms with Crippen LogP contribution in [0.5, 0.6) is 5.75 Å². The zero-order chi connectivity index (χ0) is 20.9. The standard InChI is InChI=1S/C26H26N2O2/c1-18-12-13-21(14-19(18)2)30-17-26(29)28-15-23(20-8-4-3-5-9-20)24-16-27-25-11-7-6-10-22(24)25/h3-14,16,23,27H,15,17H2,1-2H3,(H,28,29)/t23-/m0/s1. The number of rotatable bonds is 7. The number of hydrogen-bond donors (Lipinski definition) is 2. The number of amides is 1. The summed E-state index contributed by atoms with van der Waals surface area (Å²) >= 11 is 0. The molecule has 1 atom stereocenters. The van der Waals surface area contributed by atoms with Gasteiger partial charge in [0.25, 0.3) is 5.91 Å². The Kier molecular flexibility index (Phi) is 5.84. The average Bonchev–Trinajstić information content (AvgIpc) is 3.19. The van der Waals surface area contributed by atoms with Crippen LogP contribution in [-0.4, -0.2) is 24.0 Å². The Morgan fingerprint density at radius 2 is 1.73 bits per heavy atom. The summed E-state index contributed by atoms with van der Waals surface area (Å²) in [5, 5.41) is 4.23. The molecule has 0 aliphatic carbocycles. The smallest absolute Gasteiger partial charge is 0.257 e. The molecule has 0 aliphatic heterocycles. The van der Waals surface area contributed by atoms with Crippen LogP contribution in [0.2, 0.25) is 0 Å². The second-order valence-corrected chi connectivity index (χ2v) is 7.59. The van der Waals surface area contributed by atoms with Crippen molar-refractivity contribution in [3.8, 4) is 5.75 Å². The summed E-state index contributed by atoms with van der Waals surface area (Å²) in [5.41, 5.74) is 5.79. The van der Waals surface area contributed by atoms with Crippen molar-refractivity contribution in [3.05, 3.63) is 101 Å². The molecule has 0 saturated heterocycles. The topological polar surface area (TPSA) is 54.1 Å². The first-order valence-corrected chi connectivity index (χ1v) is 10.2. The second kappa shape index (κ2) is 8.87. The van der Waals surface area contributed by atoms with Gasteiger partial charge >= 0.3 is 0 Å². The molecule has 152 valence electrons. The summed E-state index contributed by atoms with van der Waals surface area (Å²) in [6.07, 6.45) is 2.04. The lowest BCUT2D eigenvalue weighted by Crippen LogP contribution is -2.32. The van der Waals surface area contributed by atoms with Crippen LogP contribution >= 0.6 is 0 Å². The van der Waals surface area contributed by atoms with Gasteiger partial charge in [0.1, 0.15) is 5.75 Å². The molecule has 4 aromatic rings. The van der Waals surface area contributed by atoms with Crippen molar-refractivity contribution >= 4 is 16.8 Å². The highest BCUT2D eigenvalue weighted by Gasteiger charge is 2.19. The van der Waals surface area contributed by atoms with Gasteiger partial charge < -0.3 is 15.0 Å². The Labute approximate surface area is 176 Å². The zero-order valence-electron chi connectivity index (χ0n) is 17.3. The van der Waals surface area contributed by atoms with Gasteiger partial charge in [-0.05, 0) is 54.3 Å². The van der Waals surface area contributed by atoms with Gasteiger partial charge in [-0.3, -0.25) is 4.79 Å². The molecule has 0 unspecified atom stereocenters. The van der Waals surface area contributed by atoms with E-state index in [2.05, 4.69) is 41.5 Å². The summed E-state index contributed by atoms with van der Waals surface area (Å²) in [5.74, 6) is 0.631. The SMILES string of the molecule is Cc1ccc(OCC(=O)NC[C@@H](c2ccccc2)c2c[nH]c3ccccc23)cc1C. The molecule has 1 heterocycles. The monoisotopic (exact) mass is 398 g/mol. The van der Waals surface area contributed by atoms with E-state index in [1.807, 2.05) is 61.7 Å². The molecule has 0 radical (unpaired) electrons. The maximum atomic E-state index is 12.5. The minimum absolute atomic E-state index is 0.00209. The van der Waals surface area contributed by atoms with Crippen LogP contribution in [0.1, 0.15) is 28.2 Å². The normalized spacial score (nSPS) is 11.9. The summed E-state index contributed by atoms with van der Waals surface area (Å²) < 4.78 is 5.68. The van der Waals surface area contributed by atoms with Crippen LogP contribution in [0.25, 0.3) is 10.9 Å². The molecule has 0 bridgehead atoms. The molecule has 0 fully saturated rings.